The lowest BCUT2D eigenvalue weighted by Crippen LogP contribution is -2.47. The molecule has 3 heteroatoms. The van der Waals surface area contributed by atoms with Crippen LogP contribution in [0.15, 0.2) is 18.2 Å². The largest absolute Gasteiger partial charge is 0.388 e. The van der Waals surface area contributed by atoms with Gasteiger partial charge in [0, 0.05) is 52.0 Å². The Bertz CT molecular complexity index is 486. The van der Waals surface area contributed by atoms with Gasteiger partial charge in [0.1, 0.15) is 0 Å². The molecule has 1 saturated carbocycles. The summed E-state index contributed by atoms with van der Waals surface area (Å²) < 4.78 is 0. The van der Waals surface area contributed by atoms with E-state index in [1.54, 1.807) is 0 Å². The average molecular weight is 316 g/mol. The number of hydrogen-bond donors (Lipinski definition) is 1. The minimum Gasteiger partial charge on any atom is -0.388 e. The van der Waals surface area contributed by atoms with Crippen molar-refractivity contribution in [2.24, 2.45) is 5.92 Å². The quantitative estimate of drug-likeness (QED) is 0.893. The standard InChI is InChI=1S/C20H33N3/c1-17-14-19(8-9-20(17)21-2)16-23-12-10-22(11-13-23)15-18-6-4-3-5-7-18/h8-9,14,18,21H,3-7,10-13,15-16H2,1-2H3. The molecule has 1 aromatic rings. The Morgan fingerprint density at radius 1 is 1.00 bits per heavy atom. The molecule has 2 fully saturated rings. The third kappa shape index (κ3) is 4.71. The first kappa shape index (κ1) is 16.8. The van der Waals surface area contributed by atoms with E-state index in [-0.39, 0.29) is 0 Å². The molecule has 128 valence electrons. The highest BCUT2D eigenvalue weighted by Gasteiger charge is 2.21. The van der Waals surface area contributed by atoms with E-state index in [0.29, 0.717) is 0 Å². The molecule has 0 atom stereocenters. The smallest absolute Gasteiger partial charge is 0.0367 e. The number of rotatable bonds is 5. The summed E-state index contributed by atoms with van der Waals surface area (Å²) in [5, 5.41) is 3.25. The number of nitrogens with one attached hydrogen (secondary N) is 1. The van der Waals surface area contributed by atoms with Gasteiger partial charge < -0.3 is 10.2 Å². The Hall–Kier alpha value is -1.06. The molecule has 0 amide bonds. The Labute approximate surface area is 142 Å². The molecule has 3 nitrogen and oxygen atoms in total. The third-order valence-electron chi connectivity index (χ3n) is 5.67. The highest BCUT2D eigenvalue weighted by Crippen LogP contribution is 2.25. The molecule has 1 saturated heterocycles. The van der Waals surface area contributed by atoms with Crippen LogP contribution in [0.1, 0.15) is 43.2 Å². The van der Waals surface area contributed by atoms with E-state index in [2.05, 4.69) is 40.2 Å². The molecule has 0 unspecified atom stereocenters. The molecule has 23 heavy (non-hydrogen) atoms. The Kier molecular flexibility index (Phi) is 5.96. The molecule has 2 aliphatic rings. The number of piperazine rings is 1. The lowest BCUT2D eigenvalue weighted by Gasteiger charge is -2.37. The topological polar surface area (TPSA) is 18.5 Å². The molecule has 1 heterocycles. The Morgan fingerprint density at radius 3 is 2.35 bits per heavy atom. The van der Waals surface area contributed by atoms with Crippen LogP contribution in [0.2, 0.25) is 0 Å². The maximum atomic E-state index is 3.25. The van der Waals surface area contributed by atoms with Gasteiger partial charge in [0.05, 0.1) is 0 Å². The van der Waals surface area contributed by atoms with Gasteiger partial charge >= 0.3 is 0 Å². The van der Waals surface area contributed by atoms with Crippen molar-refractivity contribution in [3.05, 3.63) is 29.3 Å². The fourth-order valence-corrected chi connectivity index (χ4v) is 4.23. The fraction of sp³-hybridized carbons (Fsp3) is 0.700. The number of anilines is 1. The second kappa shape index (κ2) is 8.16. The number of hydrogen-bond acceptors (Lipinski definition) is 3. The zero-order valence-corrected chi connectivity index (χ0v) is 15.0. The van der Waals surface area contributed by atoms with Gasteiger partial charge in [0.25, 0.3) is 0 Å². The van der Waals surface area contributed by atoms with Gasteiger partial charge in [-0.05, 0) is 42.9 Å². The molecule has 1 aromatic carbocycles. The third-order valence-corrected chi connectivity index (χ3v) is 5.67. The normalized spacial score (nSPS) is 21.5. The summed E-state index contributed by atoms with van der Waals surface area (Å²) >= 11 is 0. The maximum absolute atomic E-state index is 3.25. The fourth-order valence-electron chi connectivity index (χ4n) is 4.23. The van der Waals surface area contributed by atoms with E-state index >= 15 is 0 Å². The Balaban J connectivity index is 1.44. The molecule has 0 spiro atoms. The molecular weight excluding hydrogens is 282 g/mol. The van der Waals surface area contributed by atoms with Crippen molar-refractivity contribution in [1.29, 1.82) is 0 Å². The summed E-state index contributed by atoms with van der Waals surface area (Å²) in [5.41, 5.74) is 4.04. The van der Waals surface area contributed by atoms with E-state index in [4.69, 9.17) is 0 Å². The first-order chi connectivity index (χ1) is 11.2. The van der Waals surface area contributed by atoms with Crippen LogP contribution in [0.25, 0.3) is 0 Å². The molecule has 3 rings (SSSR count). The van der Waals surface area contributed by atoms with Gasteiger partial charge in [-0.3, -0.25) is 4.90 Å². The zero-order valence-electron chi connectivity index (χ0n) is 15.0. The molecular formula is C20H33N3. The lowest BCUT2D eigenvalue weighted by molar-refractivity contribution is 0.105. The van der Waals surface area contributed by atoms with Crippen molar-refractivity contribution < 1.29 is 0 Å². The van der Waals surface area contributed by atoms with Gasteiger partial charge in [-0.1, -0.05) is 31.4 Å². The minimum atomic E-state index is 0.979. The number of benzene rings is 1. The second-order valence-electron chi connectivity index (χ2n) is 7.48. The monoisotopic (exact) mass is 315 g/mol. The van der Waals surface area contributed by atoms with Gasteiger partial charge in [0.15, 0.2) is 0 Å². The van der Waals surface area contributed by atoms with Crippen LogP contribution in [0.4, 0.5) is 5.69 Å². The predicted octanol–water partition coefficient (Wildman–Crippen LogP) is 3.73. The van der Waals surface area contributed by atoms with E-state index in [0.717, 1.165) is 12.5 Å². The summed E-state index contributed by atoms with van der Waals surface area (Å²) in [5.74, 6) is 0.979. The van der Waals surface area contributed by atoms with Crippen LogP contribution in [-0.2, 0) is 6.54 Å². The summed E-state index contributed by atoms with van der Waals surface area (Å²) in [7, 11) is 1.99. The molecule has 1 aliphatic carbocycles. The minimum absolute atomic E-state index is 0.979. The summed E-state index contributed by atoms with van der Waals surface area (Å²) in [6.45, 7) is 9.59. The summed E-state index contributed by atoms with van der Waals surface area (Å²) in [6, 6.07) is 6.82. The van der Waals surface area contributed by atoms with Gasteiger partial charge in [-0.15, -0.1) is 0 Å². The van der Waals surface area contributed by atoms with Crippen molar-refractivity contribution in [3.63, 3.8) is 0 Å². The maximum Gasteiger partial charge on any atom is 0.0367 e. The highest BCUT2D eigenvalue weighted by molar-refractivity contribution is 5.51. The molecule has 1 aliphatic heterocycles. The summed E-state index contributed by atoms with van der Waals surface area (Å²) in [4.78, 5) is 5.33. The van der Waals surface area contributed by atoms with E-state index in [1.807, 2.05) is 7.05 Å². The molecule has 1 N–H and O–H groups in total. The van der Waals surface area contributed by atoms with E-state index < -0.39 is 0 Å². The first-order valence-electron chi connectivity index (χ1n) is 9.46. The van der Waals surface area contributed by atoms with Crippen LogP contribution >= 0.6 is 0 Å². The molecule has 0 radical (unpaired) electrons. The van der Waals surface area contributed by atoms with Gasteiger partial charge in [-0.25, -0.2) is 0 Å². The Morgan fingerprint density at radius 2 is 1.70 bits per heavy atom. The van der Waals surface area contributed by atoms with Crippen molar-refractivity contribution in [2.75, 3.05) is 45.1 Å². The average Bonchev–Trinajstić information content (AvgIpc) is 2.58. The van der Waals surface area contributed by atoms with Crippen molar-refractivity contribution in [3.8, 4) is 0 Å². The van der Waals surface area contributed by atoms with E-state index in [1.165, 1.54) is 81.6 Å². The van der Waals surface area contributed by atoms with Crippen LogP contribution in [0, 0.1) is 12.8 Å². The second-order valence-corrected chi connectivity index (χ2v) is 7.48. The van der Waals surface area contributed by atoms with Crippen molar-refractivity contribution in [2.45, 2.75) is 45.6 Å². The van der Waals surface area contributed by atoms with Crippen LogP contribution in [0.3, 0.4) is 0 Å². The zero-order chi connectivity index (χ0) is 16.1. The van der Waals surface area contributed by atoms with Crippen molar-refractivity contribution in [1.82, 2.24) is 9.80 Å². The van der Waals surface area contributed by atoms with E-state index in [9.17, 15) is 0 Å². The van der Waals surface area contributed by atoms with Crippen LogP contribution < -0.4 is 5.32 Å². The van der Waals surface area contributed by atoms with Crippen molar-refractivity contribution >= 4 is 5.69 Å². The lowest BCUT2D eigenvalue weighted by atomic mass is 9.89. The molecule has 0 bridgehead atoms. The summed E-state index contributed by atoms with van der Waals surface area (Å²) in [6.07, 6.45) is 7.34. The SMILES string of the molecule is CNc1ccc(CN2CCN(CC3CCCCC3)CC2)cc1C. The van der Waals surface area contributed by atoms with Crippen LogP contribution in [0.5, 0.6) is 0 Å². The molecule has 0 aromatic heterocycles. The first-order valence-corrected chi connectivity index (χ1v) is 9.46. The number of aryl methyl sites for hydroxylation is 1. The predicted molar refractivity (Wildman–Crippen MR) is 99.0 cm³/mol. The van der Waals surface area contributed by atoms with Gasteiger partial charge in [0.2, 0.25) is 0 Å². The highest BCUT2D eigenvalue weighted by atomic mass is 15.3. The number of nitrogens with zero attached hydrogens (tertiary/aromatic N) is 2. The van der Waals surface area contributed by atoms with Gasteiger partial charge in [-0.2, -0.15) is 0 Å². The van der Waals surface area contributed by atoms with Crippen LogP contribution in [-0.4, -0.2) is 49.6 Å².